The minimum atomic E-state index is -0.0149. The van der Waals surface area contributed by atoms with Gasteiger partial charge in [0.25, 0.3) is 0 Å². The van der Waals surface area contributed by atoms with Crippen LogP contribution >= 0.6 is 15.9 Å². The number of aryl methyl sites for hydroxylation is 1. The van der Waals surface area contributed by atoms with Gasteiger partial charge in [-0.3, -0.25) is 16.0 Å². The minimum Gasteiger partial charge on any atom is -0.497 e. The van der Waals surface area contributed by atoms with E-state index in [-0.39, 0.29) is 6.04 Å². The van der Waals surface area contributed by atoms with Gasteiger partial charge in [0, 0.05) is 6.54 Å². The first-order valence-corrected chi connectivity index (χ1v) is 7.29. The van der Waals surface area contributed by atoms with Crippen LogP contribution in [0.1, 0.15) is 24.2 Å². The molecule has 0 spiro atoms. The molecule has 108 valence electrons. The first-order chi connectivity index (χ1) is 9.69. The molecule has 1 heterocycles. The molecule has 20 heavy (non-hydrogen) atoms. The summed E-state index contributed by atoms with van der Waals surface area (Å²) in [5, 5.41) is 4.33. The lowest BCUT2D eigenvalue weighted by Crippen LogP contribution is -2.31. The van der Waals surface area contributed by atoms with Gasteiger partial charge in [0.2, 0.25) is 0 Å². The number of methoxy groups -OCH3 is 1. The van der Waals surface area contributed by atoms with Crippen molar-refractivity contribution in [3.05, 3.63) is 46.2 Å². The standard InChI is InChI=1S/C14H19BrN4O/c1-3-19-14(12(15)9-17-19)13(18-16)8-10-5-4-6-11(7-10)20-2/h4-7,9,13,18H,3,8,16H2,1-2H3. The van der Waals surface area contributed by atoms with Crippen LogP contribution in [0.4, 0.5) is 0 Å². The third kappa shape index (κ3) is 3.20. The molecule has 5 nitrogen and oxygen atoms in total. The molecule has 0 bridgehead atoms. The topological polar surface area (TPSA) is 65.1 Å². The van der Waals surface area contributed by atoms with E-state index in [1.165, 1.54) is 0 Å². The number of hydrogen-bond donors (Lipinski definition) is 2. The number of ether oxygens (including phenoxy) is 1. The molecule has 2 aromatic rings. The van der Waals surface area contributed by atoms with Crippen molar-refractivity contribution in [2.24, 2.45) is 5.84 Å². The van der Waals surface area contributed by atoms with Crippen molar-refractivity contribution in [2.45, 2.75) is 25.9 Å². The van der Waals surface area contributed by atoms with Crippen LogP contribution in [0.5, 0.6) is 5.75 Å². The third-order valence-electron chi connectivity index (χ3n) is 3.24. The van der Waals surface area contributed by atoms with E-state index < -0.39 is 0 Å². The Morgan fingerprint density at radius 3 is 2.95 bits per heavy atom. The monoisotopic (exact) mass is 338 g/mol. The summed E-state index contributed by atoms with van der Waals surface area (Å²) in [4.78, 5) is 0. The largest absolute Gasteiger partial charge is 0.497 e. The van der Waals surface area contributed by atoms with Crippen molar-refractivity contribution in [1.82, 2.24) is 15.2 Å². The average molecular weight is 339 g/mol. The molecule has 1 aromatic carbocycles. The van der Waals surface area contributed by atoms with Crippen molar-refractivity contribution in [2.75, 3.05) is 7.11 Å². The molecule has 0 saturated carbocycles. The predicted octanol–water partition coefficient (Wildman–Crippen LogP) is 2.42. The number of hydrogen-bond acceptors (Lipinski definition) is 4. The van der Waals surface area contributed by atoms with Crippen molar-refractivity contribution in [3.8, 4) is 5.75 Å². The molecule has 0 amide bonds. The van der Waals surface area contributed by atoms with Gasteiger partial charge in [0.15, 0.2) is 0 Å². The zero-order chi connectivity index (χ0) is 14.5. The van der Waals surface area contributed by atoms with E-state index in [4.69, 9.17) is 10.6 Å². The van der Waals surface area contributed by atoms with Crippen LogP contribution in [-0.2, 0) is 13.0 Å². The van der Waals surface area contributed by atoms with E-state index >= 15 is 0 Å². The fraction of sp³-hybridized carbons (Fsp3) is 0.357. The van der Waals surface area contributed by atoms with E-state index in [0.29, 0.717) is 0 Å². The maximum Gasteiger partial charge on any atom is 0.119 e. The highest BCUT2D eigenvalue weighted by molar-refractivity contribution is 9.10. The van der Waals surface area contributed by atoms with E-state index in [0.717, 1.165) is 34.4 Å². The van der Waals surface area contributed by atoms with E-state index in [9.17, 15) is 0 Å². The molecular formula is C14H19BrN4O. The molecule has 1 aromatic heterocycles. The van der Waals surface area contributed by atoms with Crippen LogP contribution in [0.15, 0.2) is 34.9 Å². The minimum absolute atomic E-state index is 0.0149. The fourth-order valence-electron chi connectivity index (χ4n) is 2.24. The molecule has 0 aliphatic rings. The number of nitrogens with one attached hydrogen (secondary N) is 1. The molecule has 6 heteroatoms. The molecule has 1 unspecified atom stereocenters. The summed E-state index contributed by atoms with van der Waals surface area (Å²) in [5.41, 5.74) is 5.08. The lowest BCUT2D eigenvalue weighted by Gasteiger charge is -2.18. The van der Waals surface area contributed by atoms with E-state index in [2.05, 4.69) is 39.4 Å². The smallest absolute Gasteiger partial charge is 0.119 e. The zero-order valence-corrected chi connectivity index (χ0v) is 13.2. The second kappa shape index (κ2) is 6.88. The first kappa shape index (κ1) is 15.0. The quantitative estimate of drug-likeness (QED) is 0.627. The Bertz CT molecular complexity index is 570. The third-order valence-corrected chi connectivity index (χ3v) is 3.85. The molecule has 3 N–H and O–H groups in total. The lowest BCUT2D eigenvalue weighted by molar-refractivity contribution is 0.413. The van der Waals surface area contributed by atoms with Gasteiger partial charge in [-0.2, -0.15) is 5.10 Å². The summed E-state index contributed by atoms with van der Waals surface area (Å²) in [5.74, 6) is 6.58. The van der Waals surface area contributed by atoms with E-state index in [1.807, 2.05) is 22.9 Å². The molecule has 0 radical (unpaired) electrons. The Morgan fingerprint density at radius 1 is 1.50 bits per heavy atom. The Hall–Kier alpha value is -1.37. The number of nitrogens with two attached hydrogens (primary N) is 1. The molecule has 2 rings (SSSR count). The molecule has 0 aliphatic heterocycles. The van der Waals surface area contributed by atoms with Crippen molar-refractivity contribution >= 4 is 15.9 Å². The number of nitrogens with zero attached hydrogens (tertiary/aromatic N) is 2. The second-order valence-corrected chi connectivity index (χ2v) is 5.32. The fourth-order valence-corrected chi connectivity index (χ4v) is 2.81. The Balaban J connectivity index is 2.26. The van der Waals surface area contributed by atoms with Gasteiger partial charge >= 0.3 is 0 Å². The number of rotatable bonds is 6. The van der Waals surface area contributed by atoms with Crippen molar-refractivity contribution < 1.29 is 4.74 Å². The van der Waals surface area contributed by atoms with Gasteiger partial charge in [-0.15, -0.1) is 0 Å². The number of benzene rings is 1. The van der Waals surface area contributed by atoms with Gasteiger partial charge in [-0.25, -0.2) is 0 Å². The van der Waals surface area contributed by atoms with Crippen molar-refractivity contribution in [1.29, 1.82) is 0 Å². The Labute approximate surface area is 127 Å². The molecule has 0 aliphatic carbocycles. The number of aromatic nitrogens is 2. The van der Waals surface area contributed by atoms with Crippen LogP contribution < -0.4 is 16.0 Å². The predicted molar refractivity (Wildman–Crippen MR) is 82.4 cm³/mol. The van der Waals surface area contributed by atoms with Gasteiger partial charge in [0.1, 0.15) is 5.75 Å². The van der Waals surface area contributed by atoms with Crippen LogP contribution in [0, 0.1) is 0 Å². The van der Waals surface area contributed by atoms with Crippen LogP contribution in [0.3, 0.4) is 0 Å². The number of hydrazine groups is 1. The number of halogens is 1. The highest BCUT2D eigenvalue weighted by Crippen LogP contribution is 2.26. The SMILES string of the molecule is CCn1ncc(Br)c1C(Cc1cccc(OC)c1)NN. The molecule has 1 atom stereocenters. The first-order valence-electron chi connectivity index (χ1n) is 6.49. The Kier molecular flexibility index (Phi) is 5.17. The highest BCUT2D eigenvalue weighted by atomic mass is 79.9. The highest BCUT2D eigenvalue weighted by Gasteiger charge is 2.19. The van der Waals surface area contributed by atoms with Crippen LogP contribution in [0.2, 0.25) is 0 Å². The zero-order valence-electron chi connectivity index (χ0n) is 11.6. The second-order valence-electron chi connectivity index (χ2n) is 4.47. The maximum atomic E-state index is 5.73. The lowest BCUT2D eigenvalue weighted by atomic mass is 10.0. The van der Waals surface area contributed by atoms with Crippen molar-refractivity contribution in [3.63, 3.8) is 0 Å². The average Bonchev–Trinajstić information content (AvgIpc) is 2.86. The van der Waals surface area contributed by atoms with Crippen LogP contribution in [-0.4, -0.2) is 16.9 Å². The van der Waals surface area contributed by atoms with Gasteiger partial charge in [0.05, 0.1) is 29.5 Å². The van der Waals surface area contributed by atoms with E-state index in [1.54, 1.807) is 13.3 Å². The Morgan fingerprint density at radius 2 is 2.30 bits per heavy atom. The maximum absolute atomic E-state index is 5.73. The summed E-state index contributed by atoms with van der Waals surface area (Å²) < 4.78 is 8.15. The molecular weight excluding hydrogens is 320 g/mol. The summed E-state index contributed by atoms with van der Waals surface area (Å²) in [7, 11) is 1.67. The molecule has 0 fully saturated rings. The van der Waals surface area contributed by atoms with Gasteiger partial charge in [-0.1, -0.05) is 12.1 Å². The van der Waals surface area contributed by atoms with Crippen LogP contribution in [0.25, 0.3) is 0 Å². The molecule has 0 saturated heterocycles. The summed E-state index contributed by atoms with van der Waals surface area (Å²) in [6.07, 6.45) is 2.56. The van der Waals surface area contributed by atoms with Gasteiger partial charge in [-0.05, 0) is 47.0 Å². The van der Waals surface area contributed by atoms with Gasteiger partial charge < -0.3 is 4.74 Å². The normalized spacial score (nSPS) is 12.4. The summed E-state index contributed by atoms with van der Waals surface area (Å²) in [6, 6.07) is 7.98. The summed E-state index contributed by atoms with van der Waals surface area (Å²) >= 11 is 3.54. The summed E-state index contributed by atoms with van der Waals surface area (Å²) in [6.45, 7) is 2.86.